The summed E-state index contributed by atoms with van der Waals surface area (Å²) in [6, 6.07) is 9.50. The third-order valence-corrected chi connectivity index (χ3v) is 4.14. The number of likely N-dealkylation sites (tertiary alicyclic amines) is 1. The molecule has 1 aromatic carbocycles. The maximum absolute atomic E-state index is 12.5. The summed E-state index contributed by atoms with van der Waals surface area (Å²) in [5, 5.41) is 19.0. The number of benzene rings is 1. The summed E-state index contributed by atoms with van der Waals surface area (Å²) in [7, 11) is 0. The van der Waals surface area contributed by atoms with E-state index in [1.165, 1.54) is 0 Å². The number of rotatable bonds is 6. The predicted octanol–water partition coefficient (Wildman–Crippen LogP) is 2.32. The Bertz CT molecular complexity index is 542. The molecule has 1 saturated heterocycles. The van der Waals surface area contributed by atoms with Crippen molar-refractivity contribution in [3.63, 3.8) is 0 Å². The molecule has 0 aliphatic carbocycles. The van der Waals surface area contributed by atoms with Crippen LogP contribution in [0, 0.1) is 0 Å². The molecule has 25 heavy (non-hydrogen) atoms. The lowest BCUT2D eigenvalue weighted by Gasteiger charge is -2.31. The fourth-order valence-corrected chi connectivity index (χ4v) is 2.98. The summed E-state index contributed by atoms with van der Waals surface area (Å²) in [5.41, 5.74) is 0.472. The van der Waals surface area contributed by atoms with Crippen LogP contribution in [0.25, 0.3) is 0 Å². The van der Waals surface area contributed by atoms with Crippen LogP contribution in [0.1, 0.15) is 39.2 Å². The van der Waals surface area contributed by atoms with E-state index >= 15 is 0 Å². The van der Waals surface area contributed by atoms with Crippen molar-refractivity contribution in [3.05, 3.63) is 35.9 Å². The van der Waals surface area contributed by atoms with Gasteiger partial charge in [-0.1, -0.05) is 30.3 Å². The van der Waals surface area contributed by atoms with Crippen molar-refractivity contribution in [2.75, 3.05) is 13.2 Å². The zero-order valence-electron chi connectivity index (χ0n) is 15.2. The number of carbonyl (C=O) groups excluding carboxylic acids is 1. The first-order valence-electron chi connectivity index (χ1n) is 8.74. The Morgan fingerprint density at radius 2 is 2.00 bits per heavy atom. The van der Waals surface area contributed by atoms with Crippen molar-refractivity contribution < 1.29 is 24.5 Å². The first-order valence-corrected chi connectivity index (χ1v) is 8.74. The second kappa shape index (κ2) is 8.65. The van der Waals surface area contributed by atoms with Crippen molar-refractivity contribution >= 4 is 6.09 Å². The Labute approximate surface area is 149 Å². The first-order chi connectivity index (χ1) is 11.8. The van der Waals surface area contributed by atoms with Crippen molar-refractivity contribution in [2.24, 2.45) is 0 Å². The van der Waals surface area contributed by atoms with E-state index < -0.39 is 17.8 Å². The molecule has 1 amide bonds. The van der Waals surface area contributed by atoms with Gasteiger partial charge in [-0.15, -0.1) is 0 Å². The van der Waals surface area contributed by atoms with Gasteiger partial charge in [0.1, 0.15) is 5.60 Å². The number of ether oxygens (including phenoxy) is 2. The third-order valence-electron chi connectivity index (χ3n) is 4.14. The molecule has 1 aromatic rings. The van der Waals surface area contributed by atoms with Crippen LogP contribution < -0.4 is 0 Å². The Balaban J connectivity index is 2.04. The number of nitrogens with zero attached hydrogens (tertiary/aromatic N) is 1. The molecule has 0 bridgehead atoms. The quantitative estimate of drug-likeness (QED) is 0.822. The van der Waals surface area contributed by atoms with Crippen LogP contribution in [0.4, 0.5) is 4.79 Å². The lowest BCUT2D eigenvalue weighted by Crippen LogP contribution is -2.45. The maximum atomic E-state index is 12.5. The molecular formula is C19H29NO5. The van der Waals surface area contributed by atoms with Crippen LogP contribution in [0.15, 0.2) is 30.3 Å². The number of hydrogen-bond donors (Lipinski definition) is 2. The molecule has 0 radical (unpaired) electrons. The summed E-state index contributed by atoms with van der Waals surface area (Å²) >= 11 is 0. The molecule has 0 spiro atoms. The van der Waals surface area contributed by atoms with Gasteiger partial charge in [0.25, 0.3) is 0 Å². The SMILES string of the molecule is CC(C)(C)OC(=O)N1CCC(OCc2ccccc2)C1CC(O)CO. The molecule has 1 aliphatic rings. The summed E-state index contributed by atoms with van der Waals surface area (Å²) in [6.07, 6.45) is -0.567. The summed E-state index contributed by atoms with van der Waals surface area (Å²) in [5.74, 6) is 0. The van der Waals surface area contributed by atoms with Crippen LogP contribution in [0.3, 0.4) is 0 Å². The van der Waals surface area contributed by atoms with Crippen molar-refractivity contribution in [2.45, 2.75) is 64.1 Å². The monoisotopic (exact) mass is 351 g/mol. The Morgan fingerprint density at radius 1 is 1.32 bits per heavy atom. The van der Waals surface area contributed by atoms with E-state index in [2.05, 4.69) is 0 Å². The zero-order valence-corrected chi connectivity index (χ0v) is 15.2. The van der Waals surface area contributed by atoms with E-state index in [0.29, 0.717) is 19.6 Å². The fourth-order valence-electron chi connectivity index (χ4n) is 2.98. The van der Waals surface area contributed by atoms with Crippen LogP contribution in [0.2, 0.25) is 0 Å². The van der Waals surface area contributed by atoms with E-state index in [1.807, 2.05) is 51.1 Å². The average molecular weight is 351 g/mol. The second-order valence-corrected chi connectivity index (χ2v) is 7.44. The first kappa shape index (κ1) is 19.7. The van der Waals surface area contributed by atoms with Gasteiger partial charge in [-0.05, 0) is 39.2 Å². The largest absolute Gasteiger partial charge is 0.444 e. The highest BCUT2D eigenvalue weighted by Crippen LogP contribution is 2.27. The van der Waals surface area contributed by atoms with Gasteiger partial charge in [0, 0.05) is 6.54 Å². The van der Waals surface area contributed by atoms with Gasteiger partial charge in [-0.25, -0.2) is 4.79 Å². The summed E-state index contributed by atoms with van der Waals surface area (Å²) in [6.45, 7) is 6.08. The van der Waals surface area contributed by atoms with Gasteiger partial charge in [0.15, 0.2) is 0 Å². The van der Waals surface area contributed by atoms with Gasteiger partial charge in [-0.2, -0.15) is 0 Å². The van der Waals surface area contributed by atoms with E-state index in [4.69, 9.17) is 9.47 Å². The number of hydrogen-bond acceptors (Lipinski definition) is 5. The van der Waals surface area contributed by atoms with Crippen molar-refractivity contribution in [1.82, 2.24) is 4.90 Å². The molecule has 3 unspecified atom stereocenters. The molecule has 1 heterocycles. The van der Waals surface area contributed by atoms with Crippen LogP contribution in [0.5, 0.6) is 0 Å². The average Bonchev–Trinajstić information content (AvgIpc) is 2.95. The van der Waals surface area contributed by atoms with E-state index in [9.17, 15) is 15.0 Å². The van der Waals surface area contributed by atoms with E-state index in [0.717, 1.165) is 5.56 Å². The predicted molar refractivity (Wildman–Crippen MR) is 94.1 cm³/mol. The minimum absolute atomic E-state index is 0.200. The van der Waals surface area contributed by atoms with Crippen LogP contribution in [-0.4, -0.2) is 58.2 Å². The number of aliphatic hydroxyl groups excluding tert-OH is 2. The Morgan fingerprint density at radius 3 is 2.60 bits per heavy atom. The molecule has 140 valence electrons. The summed E-state index contributed by atoms with van der Waals surface area (Å²) < 4.78 is 11.5. The zero-order chi connectivity index (χ0) is 18.4. The summed E-state index contributed by atoms with van der Waals surface area (Å²) in [4.78, 5) is 14.1. The molecule has 2 N–H and O–H groups in total. The Hall–Kier alpha value is -1.63. The van der Waals surface area contributed by atoms with Gasteiger partial charge < -0.3 is 24.6 Å². The van der Waals surface area contributed by atoms with Gasteiger partial charge >= 0.3 is 6.09 Å². The fraction of sp³-hybridized carbons (Fsp3) is 0.632. The van der Waals surface area contributed by atoms with E-state index in [1.54, 1.807) is 4.90 Å². The lowest BCUT2D eigenvalue weighted by atomic mass is 10.0. The molecular weight excluding hydrogens is 322 g/mol. The minimum Gasteiger partial charge on any atom is -0.444 e. The van der Waals surface area contributed by atoms with Gasteiger partial charge in [0.05, 0.1) is 31.5 Å². The highest BCUT2D eigenvalue weighted by Gasteiger charge is 2.40. The number of amides is 1. The minimum atomic E-state index is -0.893. The maximum Gasteiger partial charge on any atom is 0.410 e. The molecule has 6 nitrogen and oxygen atoms in total. The van der Waals surface area contributed by atoms with Crippen molar-refractivity contribution in [3.8, 4) is 0 Å². The second-order valence-electron chi connectivity index (χ2n) is 7.44. The van der Waals surface area contributed by atoms with Crippen molar-refractivity contribution in [1.29, 1.82) is 0 Å². The smallest absolute Gasteiger partial charge is 0.410 e. The van der Waals surface area contributed by atoms with Crippen LogP contribution >= 0.6 is 0 Å². The molecule has 2 rings (SSSR count). The molecule has 0 saturated carbocycles. The normalized spacial score (nSPS) is 22.0. The third kappa shape index (κ3) is 5.99. The molecule has 3 atom stereocenters. The number of aliphatic hydroxyl groups is 2. The molecule has 1 aliphatic heterocycles. The van der Waals surface area contributed by atoms with Gasteiger partial charge in [-0.3, -0.25) is 0 Å². The topological polar surface area (TPSA) is 79.2 Å². The highest BCUT2D eigenvalue weighted by atomic mass is 16.6. The Kier molecular flexibility index (Phi) is 6.81. The number of carbonyl (C=O) groups is 1. The van der Waals surface area contributed by atoms with Gasteiger partial charge in [0.2, 0.25) is 0 Å². The highest BCUT2D eigenvalue weighted by molar-refractivity contribution is 5.69. The van der Waals surface area contributed by atoms with Crippen LogP contribution in [-0.2, 0) is 16.1 Å². The molecule has 6 heteroatoms. The van der Waals surface area contributed by atoms with E-state index in [-0.39, 0.29) is 25.2 Å². The molecule has 1 fully saturated rings. The molecule has 0 aromatic heterocycles. The lowest BCUT2D eigenvalue weighted by molar-refractivity contribution is -0.0217. The standard InChI is InChI=1S/C19H29NO5/c1-19(2,3)25-18(23)20-10-9-17(16(20)11-15(22)12-21)24-13-14-7-5-4-6-8-14/h4-8,15-17,21-22H,9-13H2,1-3H3.